The molecule has 1 aliphatic rings. The van der Waals surface area contributed by atoms with Crippen LogP contribution in [0.1, 0.15) is 33.1 Å². The van der Waals surface area contributed by atoms with Crippen molar-refractivity contribution in [2.75, 3.05) is 21.3 Å². The van der Waals surface area contributed by atoms with Gasteiger partial charge in [-0.3, -0.25) is 0 Å². The second-order valence-electron chi connectivity index (χ2n) is 5.33. The highest BCUT2D eigenvalue weighted by Crippen LogP contribution is 2.35. The summed E-state index contributed by atoms with van der Waals surface area (Å²) in [5, 5.41) is 3.36. The summed E-state index contributed by atoms with van der Waals surface area (Å²) < 4.78 is 10.8. The van der Waals surface area contributed by atoms with E-state index in [9.17, 15) is 0 Å². The number of likely N-dealkylation sites (N-methyl/N-ethyl adjacent to an activating group) is 1. The lowest BCUT2D eigenvalue weighted by molar-refractivity contribution is -0.136. The number of hydrogen-bond donors (Lipinski definition) is 1. The zero-order valence-corrected chi connectivity index (χ0v) is 11.3. The molecule has 0 heterocycles. The average molecular weight is 229 g/mol. The van der Waals surface area contributed by atoms with E-state index in [-0.39, 0.29) is 6.29 Å². The van der Waals surface area contributed by atoms with Crippen molar-refractivity contribution >= 4 is 0 Å². The topological polar surface area (TPSA) is 30.5 Å². The fraction of sp³-hybridized carbons (Fsp3) is 1.00. The normalized spacial score (nSPS) is 33.0. The molecule has 1 N–H and O–H groups in total. The molecule has 0 aromatic carbocycles. The Balaban J connectivity index is 2.63. The lowest BCUT2D eigenvalue weighted by Gasteiger charge is -2.38. The van der Waals surface area contributed by atoms with Gasteiger partial charge in [0.1, 0.15) is 0 Å². The maximum absolute atomic E-state index is 5.39. The second-order valence-corrected chi connectivity index (χ2v) is 5.33. The summed E-state index contributed by atoms with van der Waals surface area (Å²) in [5.74, 6) is 2.30. The highest BCUT2D eigenvalue weighted by atomic mass is 16.7. The van der Waals surface area contributed by atoms with E-state index in [0.717, 1.165) is 11.8 Å². The number of rotatable bonds is 5. The molecule has 1 rings (SSSR count). The average Bonchev–Trinajstić information content (AvgIpc) is 2.24. The van der Waals surface area contributed by atoms with Crippen LogP contribution in [0.5, 0.6) is 0 Å². The van der Waals surface area contributed by atoms with Crippen molar-refractivity contribution in [1.29, 1.82) is 0 Å². The molecule has 0 amide bonds. The van der Waals surface area contributed by atoms with Crippen LogP contribution in [0.4, 0.5) is 0 Å². The van der Waals surface area contributed by atoms with Crippen LogP contribution in [0.15, 0.2) is 0 Å². The Hall–Kier alpha value is -0.120. The first-order valence-corrected chi connectivity index (χ1v) is 6.35. The van der Waals surface area contributed by atoms with Crippen LogP contribution in [0, 0.1) is 17.8 Å². The van der Waals surface area contributed by atoms with E-state index in [2.05, 4.69) is 19.2 Å². The van der Waals surface area contributed by atoms with Crippen LogP contribution in [0.2, 0.25) is 0 Å². The molecule has 16 heavy (non-hydrogen) atoms. The molecule has 1 saturated carbocycles. The largest absolute Gasteiger partial charge is 0.354 e. The minimum atomic E-state index is -0.132. The molecule has 3 unspecified atom stereocenters. The van der Waals surface area contributed by atoms with Crippen LogP contribution in [-0.4, -0.2) is 33.6 Å². The molecule has 0 radical (unpaired) electrons. The Kier molecular flexibility index (Phi) is 5.73. The molecule has 0 saturated heterocycles. The summed E-state index contributed by atoms with van der Waals surface area (Å²) in [4.78, 5) is 0. The number of hydrogen-bond acceptors (Lipinski definition) is 3. The first-order valence-electron chi connectivity index (χ1n) is 6.35. The minimum absolute atomic E-state index is 0.132. The van der Waals surface area contributed by atoms with Crippen LogP contribution >= 0.6 is 0 Å². The van der Waals surface area contributed by atoms with E-state index in [1.165, 1.54) is 19.3 Å². The van der Waals surface area contributed by atoms with Gasteiger partial charge in [0.25, 0.3) is 0 Å². The van der Waals surface area contributed by atoms with Gasteiger partial charge in [-0.05, 0) is 44.1 Å². The lowest BCUT2D eigenvalue weighted by Crippen LogP contribution is -2.47. The van der Waals surface area contributed by atoms with Crippen molar-refractivity contribution in [3.8, 4) is 0 Å². The van der Waals surface area contributed by atoms with Gasteiger partial charge < -0.3 is 14.8 Å². The first kappa shape index (κ1) is 13.9. The molecule has 0 aliphatic heterocycles. The third-order valence-corrected chi connectivity index (χ3v) is 3.81. The van der Waals surface area contributed by atoms with Crippen LogP contribution in [-0.2, 0) is 9.47 Å². The molecule has 0 aromatic rings. The van der Waals surface area contributed by atoms with E-state index in [1.54, 1.807) is 14.2 Å². The molecule has 3 nitrogen and oxygen atoms in total. The van der Waals surface area contributed by atoms with Crippen molar-refractivity contribution in [3.05, 3.63) is 0 Å². The Morgan fingerprint density at radius 2 is 1.50 bits per heavy atom. The Morgan fingerprint density at radius 1 is 1.00 bits per heavy atom. The molecular weight excluding hydrogens is 202 g/mol. The summed E-state index contributed by atoms with van der Waals surface area (Å²) >= 11 is 0. The first-order chi connectivity index (χ1) is 7.62. The second kappa shape index (κ2) is 6.58. The highest BCUT2D eigenvalue weighted by Gasteiger charge is 2.33. The van der Waals surface area contributed by atoms with Crippen molar-refractivity contribution in [2.24, 2.45) is 17.8 Å². The standard InChI is InChI=1S/C13H27NO2/c1-9-6-10(2)8-11(7-9)12(14-3)13(15-4)16-5/h9-14H,6-8H2,1-5H3. The van der Waals surface area contributed by atoms with Gasteiger partial charge in [0.05, 0.1) is 6.04 Å². The van der Waals surface area contributed by atoms with Crippen molar-refractivity contribution in [2.45, 2.75) is 45.4 Å². The van der Waals surface area contributed by atoms with Gasteiger partial charge in [0.2, 0.25) is 0 Å². The van der Waals surface area contributed by atoms with Gasteiger partial charge in [-0.15, -0.1) is 0 Å². The molecule has 0 spiro atoms. The van der Waals surface area contributed by atoms with Crippen LogP contribution < -0.4 is 5.32 Å². The van der Waals surface area contributed by atoms with Crippen LogP contribution in [0.25, 0.3) is 0 Å². The maximum Gasteiger partial charge on any atom is 0.172 e. The lowest BCUT2D eigenvalue weighted by atomic mass is 9.73. The predicted octanol–water partition coefficient (Wildman–Crippen LogP) is 2.27. The Bertz CT molecular complexity index is 184. The number of methoxy groups -OCH3 is 2. The Morgan fingerprint density at radius 3 is 1.88 bits per heavy atom. The van der Waals surface area contributed by atoms with Crippen LogP contribution in [0.3, 0.4) is 0 Å². The quantitative estimate of drug-likeness (QED) is 0.734. The summed E-state index contributed by atoms with van der Waals surface area (Å²) in [6.07, 6.45) is 3.78. The molecule has 3 heteroatoms. The van der Waals surface area contributed by atoms with E-state index in [1.807, 2.05) is 7.05 Å². The van der Waals surface area contributed by atoms with Crippen molar-refractivity contribution in [1.82, 2.24) is 5.32 Å². The molecule has 0 bridgehead atoms. The van der Waals surface area contributed by atoms with Gasteiger partial charge in [-0.1, -0.05) is 13.8 Å². The monoisotopic (exact) mass is 229 g/mol. The fourth-order valence-electron chi connectivity index (χ4n) is 3.29. The van der Waals surface area contributed by atoms with Crippen molar-refractivity contribution in [3.63, 3.8) is 0 Å². The molecular formula is C13H27NO2. The third kappa shape index (κ3) is 3.44. The summed E-state index contributed by atoms with van der Waals surface area (Å²) in [5.41, 5.74) is 0. The van der Waals surface area contributed by atoms with E-state index in [4.69, 9.17) is 9.47 Å². The predicted molar refractivity (Wildman–Crippen MR) is 66.3 cm³/mol. The van der Waals surface area contributed by atoms with Gasteiger partial charge in [-0.25, -0.2) is 0 Å². The zero-order valence-electron chi connectivity index (χ0n) is 11.3. The summed E-state index contributed by atoms with van der Waals surface area (Å²) in [7, 11) is 5.43. The SMILES string of the molecule is CNC(C1CC(C)CC(C)C1)C(OC)OC. The zero-order chi connectivity index (χ0) is 12.1. The molecule has 3 atom stereocenters. The van der Waals surface area contributed by atoms with Gasteiger partial charge in [0.15, 0.2) is 6.29 Å². The smallest absolute Gasteiger partial charge is 0.172 e. The number of ether oxygens (including phenoxy) is 2. The molecule has 96 valence electrons. The van der Waals surface area contributed by atoms with Gasteiger partial charge in [0, 0.05) is 14.2 Å². The number of nitrogens with one attached hydrogen (secondary N) is 1. The van der Waals surface area contributed by atoms with E-state index >= 15 is 0 Å². The van der Waals surface area contributed by atoms with E-state index in [0.29, 0.717) is 12.0 Å². The maximum atomic E-state index is 5.39. The van der Waals surface area contributed by atoms with E-state index < -0.39 is 0 Å². The van der Waals surface area contributed by atoms with Gasteiger partial charge >= 0.3 is 0 Å². The highest BCUT2D eigenvalue weighted by molar-refractivity contribution is 4.85. The molecule has 1 aliphatic carbocycles. The molecule has 1 fully saturated rings. The summed E-state index contributed by atoms with van der Waals surface area (Å²) in [6, 6.07) is 0.306. The fourth-order valence-corrected chi connectivity index (χ4v) is 3.29. The minimum Gasteiger partial charge on any atom is -0.354 e. The third-order valence-electron chi connectivity index (χ3n) is 3.81. The Labute approximate surface area is 99.9 Å². The van der Waals surface area contributed by atoms with Crippen molar-refractivity contribution < 1.29 is 9.47 Å². The van der Waals surface area contributed by atoms with Gasteiger partial charge in [-0.2, -0.15) is 0 Å². The molecule has 0 aromatic heterocycles. The summed E-state index contributed by atoms with van der Waals surface area (Å²) in [6.45, 7) is 4.70.